The Hall–Kier alpha value is -3.26. The van der Waals surface area contributed by atoms with E-state index in [-0.39, 0.29) is 17.2 Å². The predicted molar refractivity (Wildman–Crippen MR) is 137 cm³/mol. The lowest BCUT2D eigenvalue weighted by atomic mass is 10.1. The summed E-state index contributed by atoms with van der Waals surface area (Å²) in [7, 11) is 1.45. The number of hydrogen-bond acceptors (Lipinski definition) is 6. The van der Waals surface area contributed by atoms with E-state index in [0.29, 0.717) is 32.5 Å². The van der Waals surface area contributed by atoms with Crippen LogP contribution in [0.4, 0.5) is 4.79 Å². The number of benzene rings is 3. The highest BCUT2D eigenvalue weighted by molar-refractivity contribution is 8.18. The van der Waals surface area contributed by atoms with E-state index in [4.69, 9.17) is 32.7 Å². The van der Waals surface area contributed by atoms with E-state index >= 15 is 0 Å². The lowest BCUT2D eigenvalue weighted by Crippen LogP contribution is -2.27. The summed E-state index contributed by atoms with van der Waals surface area (Å²) in [6.45, 7) is 1.86. The maximum absolute atomic E-state index is 13.1. The van der Waals surface area contributed by atoms with Gasteiger partial charge in [-0.05, 0) is 55.1 Å². The number of imide groups is 1. The van der Waals surface area contributed by atoms with E-state index in [1.165, 1.54) is 13.2 Å². The van der Waals surface area contributed by atoms with Crippen molar-refractivity contribution in [2.24, 2.45) is 0 Å². The molecule has 9 heteroatoms. The first-order valence-electron chi connectivity index (χ1n) is 10.4. The number of ether oxygens (including phenoxy) is 2. The van der Waals surface area contributed by atoms with Gasteiger partial charge < -0.3 is 9.47 Å². The first-order valence-corrected chi connectivity index (χ1v) is 12.0. The van der Waals surface area contributed by atoms with Crippen molar-refractivity contribution >= 4 is 58.2 Å². The Morgan fingerprint density at radius 3 is 2.31 bits per heavy atom. The summed E-state index contributed by atoms with van der Waals surface area (Å²) in [6.07, 6.45) is 1.50. The lowest BCUT2D eigenvalue weighted by Gasteiger charge is -2.15. The zero-order valence-corrected chi connectivity index (χ0v) is 21.0. The van der Waals surface area contributed by atoms with Gasteiger partial charge in [-0.1, -0.05) is 59.1 Å². The van der Waals surface area contributed by atoms with Crippen molar-refractivity contribution < 1.29 is 23.9 Å². The van der Waals surface area contributed by atoms with Crippen LogP contribution in [0.1, 0.15) is 27.0 Å². The number of thioether (sulfide) groups is 1. The molecule has 178 valence electrons. The van der Waals surface area contributed by atoms with E-state index in [2.05, 4.69) is 0 Å². The molecule has 3 aromatic rings. The number of carbonyl (C=O) groups is 3. The van der Waals surface area contributed by atoms with Crippen molar-refractivity contribution in [3.05, 3.63) is 97.9 Å². The second-order valence-corrected chi connectivity index (χ2v) is 9.41. The van der Waals surface area contributed by atoms with Gasteiger partial charge in [-0.15, -0.1) is 0 Å². The Balaban J connectivity index is 1.64. The Morgan fingerprint density at radius 2 is 1.66 bits per heavy atom. The van der Waals surface area contributed by atoms with Gasteiger partial charge in [-0.25, -0.2) is 4.79 Å². The third-order valence-corrected chi connectivity index (χ3v) is 6.87. The molecule has 0 aliphatic carbocycles. The molecule has 2 amide bonds. The molecular weight excluding hydrogens is 509 g/mol. The number of rotatable bonds is 6. The smallest absolute Gasteiger partial charge is 0.343 e. The first kappa shape index (κ1) is 24.9. The minimum Gasteiger partial charge on any atom is -0.493 e. The molecule has 3 aromatic carbocycles. The van der Waals surface area contributed by atoms with Gasteiger partial charge in [0, 0.05) is 21.2 Å². The van der Waals surface area contributed by atoms with Gasteiger partial charge in [-0.3, -0.25) is 14.5 Å². The topological polar surface area (TPSA) is 72.9 Å². The van der Waals surface area contributed by atoms with Crippen LogP contribution in [0, 0.1) is 6.92 Å². The monoisotopic (exact) mass is 527 g/mol. The molecule has 1 heterocycles. The fraction of sp³-hybridized carbons (Fsp3) is 0.115. The SMILES string of the molecule is COc1cccc(/C=C2\SC(=O)N(Cc3c(Cl)cccc3Cl)C2=O)c1OC(=O)c1ccc(C)cc1. The van der Waals surface area contributed by atoms with Gasteiger partial charge in [0.1, 0.15) is 0 Å². The fourth-order valence-corrected chi connectivity index (χ4v) is 4.72. The van der Waals surface area contributed by atoms with Crippen LogP contribution < -0.4 is 9.47 Å². The third kappa shape index (κ3) is 5.37. The zero-order valence-electron chi connectivity index (χ0n) is 18.7. The minimum absolute atomic E-state index is 0.0616. The third-order valence-electron chi connectivity index (χ3n) is 5.25. The number of amides is 2. The zero-order chi connectivity index (χ0) is 25.1. The quantitative estimate of drug-likeness (QED) is 0.200. The molecular formula is C26H19Cl2NO5S. The molecule has 6 nitrogen and oxygen atoms in total. The molecule has 0 spiro atoms. The number of nitrogens with zero attached hydrogens (tertiary/aromatic N) is 1. The Labute approximate surface area is 216 Å². The minimum atomic E-state index is -0.578. The van der Waals surface area contributed by atoms with Crippen molar-refractivity contribution in [3.8, 4) is 11.5 Å². The number of methoxy groups -OCH3 is 1. The normalized spacial score (nSPS) is 14.5. The Kier molecular flexibility index (Phi) is 7.50. The van der Waals surface area contributed by atoms with Crippen molar-refractivity contribution in [3.63, 3.8) is 0 Å². The van der Waals surface area contributed by atoms with Crippen molar-refractivity contribution in [1.29, 1.82) is 0 Å². The maximum atomic E-state index is 13.1. The van der Waals surface area contributed by atoms with Crippen LogP contribution in [-0.4, -0.2) is 29.1 Å². The second-order valence-electron chi connectivity index (χ2n) is 7.60. The summed E-state index contributed by atoms with van der Waals surface area (Å²) in [5.74, 6) is -0.636. The van der Waals surface area contributed by atoms with E-state index in [9.17, 15) is 14.4 Å². The van der Waals surface area contributed by atoms with Crippen molar-refractivity contribution in [2.75, 3.05) is 7.11 Å². The summed E-state index contributed by atoms with van der Waals surface area (Å²) in [6, 6.07) is 16.9. The van der Waals surface area contributed by atoms with E-state index in [1.54, 1.807) is 60.7 Å². The van der Waals surface area contributed by atoms with Crippen LogP contribution in [0.5, 0.6) is 11.5 Å². The summed E-state index contributed by atoms with van der Waals surface area (Å²) in [4.78, 5) is 39.7. The van der Waals surface area contributed by atoms with Gasteiger partial charge in [0.05, 0.1) is 24.1 Å². The molecule has 0 bridgehead atoms. The number of esters is 1. The summed E-state index contributed by atoms with van der Waals surface area (Å²) < 4.78 is 11.0. The number of para-hydroxylation sites is 1. The molecule has 0 saturated carbocycles. The molecule has 1 aliphatic rings. The molecule has 1 aliphatic heterocycles. The molecule has 0 radical (unpaired) electrons. The highest BCUT2D eigenvalue weighted by atomic mass is 35.5. The first-order chi connectivity index (χ1) is 16.8. The molecule has 0 aromatic heterocycles. The van der Waals surface area contributed by atoms with E-state index in [0.717, 1.165) is 22.2 Å². The standard InChI is InChI=1S/C26H19Cl2NO5S/c1-15-9-11-16(12-10-15)25(31)34-23-17(5-3-8-21(23)33-2)13-22-24(30)29(26(32)35-22)14-18-19(27)6-4-7-20(18)28/h3-13H,14H2,1-2H3/b22-13-. The molecule has 0 N–H and O–H groups in total. The van der Waals surface area contributed by atoms with Gasteiger partial charge >= 0.3 is 5.97 Å². The fourth-order valence-electron chi connectivity index (χ4n) is 3.38. The molecule has 4 rings (SSSR count). The van der Waals surface area contributed by atoms with Gasteiger partial charge in [0.15, 0.2) is 11.5 Å². The maximum Gasteiger partial charge on any atom is 0.343 e. The van der Waals surface area contributed by atoms with Crippen LogP contribution in [-0.2, 0) is 11.3 Å². The van der Waals surface area contributed by atoms with Gasteiger partial charge in [0.25, 0.3) is 11.1 Å². The highest BCUT2D eigenvalue weighted by Crippen LogP contribution is 2.39. The highest BCUT2D eigenvalue weighted by Gasteiger charge is 2.36. The average Bonchev–Trinajstić information content (AvgIpc) is 3.10. The van der Waals surface area contributed by atoms with Gasteiger partial charge in [-0.2, -0.15) is 0 Å². The van der Waals surface area contributed by atoms with Crippen LogP contribution in [0.25, 0.3) is 6.08 Å². The second kappa shape index (κ2) is 10.6. The predicted octanol–water partition coefficient (Wildman–Crippen LogP) is 6.77. The molecule has 35 heavy (non-hydrogen) atoms. The molecule has 0 unspecified atom stereocenters. The number of carbonyl (C=O) groups excluding carboxylic acids is 3. The molecule has 1 saturated heterocycles. The number of halogens is 2. The number of aryl methyl sites for hydroxylation is 1. The summed E-state index contributed by atoms with van der Waals surface area (Å²) in [5, 5.41) is 0.260. The van der Waals surface area contributed by atoms with Crippen LogP contribution in [0.2, 0.25) is 10.0 Å². The average molecular weight is 528 g/mol. The van der Waals surface area contributed by atoms with Gasteiger partial charge in [0.2, 0.25) is 0 Å². The van der Waals surface area contributed by atoms with E-state index < -0.39 is 17.1 Å². The molecule has 1 fully saturated rings. The summed E-state index contributed by atoms with van der Waals surface area (Å²) >= 11 is 13.2. The molecule has 0 atom stereocenters. The lowest BCUT2D eigenvalue weighted by molar-refractivity contribution is -0.123. The Bertz CT molecular complexity index is 1330. The van der Waals surface area contributed by atoms with Crippen LogP contribution >= 0.6 is 35.0 Å². The van der Waals surface area contributed by atoms with E-state index in [1.807, 2.05) is 6.92 Å². The Morgan fingerprint density at radius 1 is 1.00 bits per heavy atom. The van der Waals surface area contributed by atoms with Crippen molar-refractivity contribution in [1.82, 2.24) is 4.90 Å². The van der Waals surface area contributed by atoms with Crippen LogP contribution in [0.3, 0.4) is 0 Å². The largest absolute Gasteiger partial charge is 0.493 e. The van der Waals surface area contributed by atoms with Crippen LogP contribution in [0.15, 0.2) is 65.6 Å². The van der Waals surface area contributed by atoms with Crippen molar-refractivity contribution in [2.45, 2.75) is 13.5 Å². The number of hydrogen-bond donors (Lipinski definition) is 0. The summed E-state index contributed by atoms with van der Waals surface area (Å²) in [5.41, 5.74) is 2.26.